The minimum Gasteiger partial charge on any atom is -0.478 e. The van der Waals surface area contributed by atoms with Crippen molar-refractivity contribution in [1.82, 2.24) is 0 Å². The first kappa shape index (κ1) is 12.6. The van der Waals surface area contributed by atoms with Crippen molar-refractivity contribution in [3.8, 4) is 11.5 Å². The van der Waals surface area contributed by atoms with Crippen molar-refractivity contribution in [3.05, 3.63) is 59.7 Å². The summed E-state index contributed by atoms with van der Waals surface area (Å²) >= 11 is 0. The van der Waals surface area contributed by atoms with Gasteiger partial charge in [0, 0.05) is 0 Å². The molecule has 5 heteroatoms. The molecule has 0 amide bonds. The zero-order chi connectivity index (χ0) is 13.8. The molecule has 0 heterocycles. The van der Waals surface area contributed by atoms with Gasteiger partial charge in [-0.1, -0.05) is 18.2 Å². The fourth-order valence-electron chi connectivity index (χ4n) is 1.58. The summed E-state index contributed by atoms with van der Waals surface area (Å²) in [5, 5.41) is 18.1. The van der Waals surface area contributed by atoms with Gasteiger partial charge in [0.05, 0.1) is 5.56 Å². The third kappa shape index (κ3) is 2.71. The second-order valence-electron chi connectivity index (χ2n) is 3.63. The van der Waals surface area contributed by atoms with Crippen molar-refractivity contribution in [2.75, 3.05) is 0 Å². The fourth-order valence-corrected chi connectivity index (χ4v) is 1.58. The van der Waals surface area contributed by atoms with E-state index in [1.807, 2.05) is 0 Å². The molecule has 0 saturated heterocycles. The van der Waals surface area contributed by atoms with Gasteiger partial charge in [0.2, 0.25) is 0 Å². The Bertz CT molecular complexity index is 619. The van der Waals surface area contributed by atoms with E-state index in [2.05, 4.69) is 6.07 Å². The van der Waals surface area contributed by atoms with E-state index >= 15 is 0 Å². The zero-order valence-electron chi connectivity index (χ0n) is 9.66. The molecule has 0 aliphatic heterocycles. The summed E-state index contributed by atoms with van der Waals surface area (Å²) in [5.41, 5.74) is -0.685. The van der Waals surface area contributed by atoms with Crippen molar-refractivity contribution in [2.45, 2.75) is 0 Å². The third-order valence-electron chi connectivity index (χ3n) is 2.39. The molecular weight excluding hydrogens is 248 g/mol. The SMILES string of the molecule is O=C(O)c1cccc(Oc2cc[c]cc2)c1C(=O)O. The average Bonchev–Trinajstić information content (AvgIpc) is 2.39. The molecule has 0 fully saturated rings. The molecule has 0 atom stereocenters. The summed E-state index contributed by atoms with van der Waals surface area (Å²) in [7, 11) is 0. The Hall–Kier alpha value is -2.82. The van der Waals surface area contributed by atoms with Crippen LogP contribution in [-0.2, 0) is 0 Å². The maximum absolute atomic E-state index is 11.2. The minimum atomic E-state index is -1.35. The summed E-state index contributed by atoms with van der Waals surface area (Å²) < 4.78 is 5.40. The highest BCUT2D eigenvalue weighted by molar-refractivity contribution is 6.03. The lowest BCUT2D eigenvalue weighted by Gasteiger charge is -2.10. The summed E-state index contributed by atoms with van der Waals surface area (Å²) in [4.78, 5) is 22.2. The molecule has 2 rings (SSSR count). The van der Waals surface area contributed by atoms with Crippen molar-refractivity contribution in [3.63, 3.8) is 0 Å². The summed E-state index contributed by atoms with van der Waals surface area (Å²) in [6.45, 7) is 0. The normalized spacial score (nSPS) is 9.89. The Kier molecular flexibility index (Phi) is 3.47. The van der Waals surface area contributed by atoms with E-state index < -0.39 is 11.9 Å². The monoisotopic (exact) mass is 257 g/mol. The molecule has 0 aliphatic rings. The van der Waals surface area contributed by atoms with Crippen LogP contribution >= 0.6 is 0 Å². The molecule has 5 nitrogen and oxygen atoms in total. The zero-order valence-corrected chi connectivity index (χ0v) is 9.66. The second-order valence-corrected chi connectivity index (χ2v) is 3.63. The first-order valence-corrected chi connectivity index (χ1v) is 5.33. The van der Waals surface area contributed by atoms with Gasteiger partial charge < -0.3 is 14.9 Å². The Morgan fingerprint density at radius 3 is 2.26 bits per heavy atom. The molecular formula is C14H9O5. The number of aromatic carboxylic acids is 2. The standard InChI is InChI=1S/C14H9O5/c15-13(16)10-7-4-8-11(12(10)14(17)18)19-9-5-2-1-3-6-9/h2-8H,(H,15,16)(H,17,18). The van der Waals surface area contributed by atoms with Crippen LogP contribution in [0.15, 0.2) is 42.5 Å². The first-order valence-electron chi connectivity index (χ1n) is 5.33. The van der Waals surface area contributed by atoms with Crippen LogP contribution in [-0.4, -0.2) is 22.2 Å². The van der Waals surface area contributed by atoms with Crippen LogP contribution in [0, 0.1) is 6.07 Å². The van der Waals surface area contributed by atoms with Crippen LogP contribution in [0.5, 0.6) is 11.5 Å². The van der Waals surface area contributed by atoms with E-state index in [1.165, 1.54) is 18.2 Å². The minimum absolute atomic E-state index is 0.0152. The Balaban J connectivity index is 2.48. The topological polar surface area (TPSA) is 83.8 Å². The van der Waals surface area contributed by atoms with E-state index in [-0.39, 0.29) is 16.9 Å². The van der Waals surface area contributed by atoms with E-state index in [9.17, 15) is 9.59 Å². The molecule has 0 aromatic heterocycles. The molecule has 0 saturated carbocycles. The highest BCUT2D eigenvalue weighted by atomic mass is 16.5. The first-order chi connectivity index (χ1) is 9.09. The van der Waals surface area contributed by atoms with Crippen LogP contribution in [0.25, 0.3) is 0 Å². The predicted octanol–water partition coefficient (Wildman–Crippen LogP) is 2.68. The summed E-state index contributed by atoms with van der Waals surface area (Å²) in [5.74, 6) is -2.28. The highest BCUT2D eigenvalue weighted by Gasteiger charge is 2.21. The molecule has 0 spiro atoms. The van der Waals surface area contributed by atoms with Gasteiger partial charge in [-0.25, -0.2) is 9.59 Å². The van der Waals surface area contributed by atoms with Crippen LogP contribution < -0.4 is 4.74 Å². The Labute approximate surface area is 108 Å². The second kappa shape index (κ2) is 5.22. The third-order valence-corrected chi connectivity index (χ3v) is 2.39. The largest absolute Gasteiger partial charge is 0.478 e. The van der Waals surface area contributed by atoms with Crippen LogP contribution in [0.2, 0.25) is 0 Å². The van der Waals surface area contributed by atoms with E-state index in [1.54, 1.807) is 24.3 Å². The maximum atomic E-state index is 11.2. The molecule has 0 unspecified atom stereocenters. The Morgan fingerprint density at radius 2 is 1.68 bits per heavy atom. The highest BCUT2D eigenvalue weighted by Crippen LogP contribution is 2.27. The lowest BCUT2D eigenvalue weighted by molar-refractivity contribution is 0.0649. The molecule has 0 bridgehead atoms. The fraction of sp³-hybridized carbons (Fsp3) is 0. The van der Waals surface area contributed by atoms with Crippen LogP contribution in [0.3, 0.4) is 0 Å². The number of hydrogen-bond donors (Lipinski definition) is 2. The van der Waals surface area contributed by atoms with Gasteiger partial charge in [0.1, 0.15) is 17.1 Å². The molecule has 2 aromatic carbocycles. The number of ether oxygens (including phenoxy) is 1. The van der Waals surface area contributed by atoms with Crippen molar-refractivity contribution in [2.24, 2.45) is 0 Å². The summed E-state index contributed by atoms with van der Waals surface area (Å²) in [6.07, 6.45) is 0. The van der Waals surface area contributed by atoms with Gasteiger partial charge >= 0.3 is 11.9 Å². The number of carbonyl (C=O) groups is 2. The molecule has 2 N–H and O–H groups in total. The maximum Gasteiger partial charge on any atom is 0.340 e. The van der Waals surface area contributed by atoms with Crippen LogP contribution in [0.1, 0.15) is 20.7 Å². The number of hydrogen-bond acceptors (Lipinski definition) is 3. The average molecular weight is 257 g/mol. The predicted molar refractivity (Wildman–Crippen MR) is 65.7 cm³/mol. The van der Waals surface area contributed by atoms with Crippen molar-refractivity contribution in [1.29, 1.82) is 0 Å². The summed E-state index contributed by atoms with van der Waals surface area (Å²) in [6, 6.07) is 13.3. The van der Waals surface area contributed by atoms with E-state index in [0.717, 1.165) is 0 Å². The molecule has 2 aromatic rings. The molecule has 19 heavy (non-hydrogen) atoms. The number of rotatable bonds is 4. The van der Waals surface area contributed by atoms with E-state index in [0.29, 0.717) is 5.75 Å². The number of carboxylic acids is 2. The van der Waals surface area contributed by atoms with Crippen molar-refractivity contribution < 1.29 is 24.5 Å². The Morgan fingerprint density at radius 1 is 1.00 bits per heavy atom. The molecule has 0 aliphatic carbocycles. The molecule has 95 valence electrons. The van der Waals surface area contributed by atoms with Gasteiger partial charge in [-0.2, -0.15) is 0 Å². The molecule has 1 radical (unpaired) electrons. The lowest BCUT2D eigenvalue weighted by Crippen LogP contribution is -2.09. The van der Waals surface area contributed by atoms with E-state index in [4.69, 9.17) is 14.9 Å². The van der Waals surface area contributed by atoms with Gasteiger partial charge in [-0.3, -0.25) is 0 Å². The number of carboxylic acid groups (broad SMARTS) is 2. The van der Waals surface area contributed by atoms with Gasteiger partial charge in [0.25, 0.3) is 0 Å². The lowest BCUT2D eigenvalue weighted by atomic mass is 10.1. The van der Waals surface area contributed by atoms with Gasteiger partial charge in [-0.05, 0) is 30.3 Å². The van der Waals surface area contributed by atoms with Crippen molar-refractivity contribution >= 4 is 11.9 Å². The van der Waals surface area contributed by atoms with Crippen LogP contribution in [0.4, 0.5) is 0 Å². The van der Waals surface area contributed by atoms with Gasteiger partial charge in [-0.15, -0.1) is 0 Å². The van der Waals surface area contributed by atoms with Gasteiger partial charge in [0.15, 0.2) is 0 Å². The number of benzene rings is 2. The smallest absolute Gasteiger partial charge is 0.340 e. The quantitative estimate of drug-likeness (QED) is 0.879.